The Hall–Kier alpha value is -0.990. The lowest BCUT2D eigenvalue weighted by Gasteiger charge is -2.58. The van der Waals surface area contributed by atoms with Crippen molar-refractivity contribution >= 4 is 6.09 Å². The molecule has 0 radical (unpaired) electrons. The minimum Gasteiger partial charge on any atom is -0.446 e. The highest BCUT2D eigenvalue weighted by Crippen LogP contribution is 2.67. The summed E-state index contributed by atoms with van der Waals surface area (Å²) in [5, 5.41) is 2.89. The number of carbonyl (C=O) groups excluding carboxylic acids is 1. The molecule has 0 spiro atoms. The van der Waals surface area contributed by atoms with Crippen molar-refractivity contribution in [3.05, 3.63) is 11.6 Å². The fourth-order valence-corrected chi connectivity index (χ4v) is 9.17. The summed E-state index contributed by atoms with van der Waals surface area (Å²) in [6.07, 6.45) is 17.8. The number of allylic oxidation sites excluding steroid dienone is 1. The Kier molecular flexibility index (Phi) is 8.10. The third-order valence-corrected chi connectivity index (χ3v) is 11.1. The second kappa shape index (κ2) is 10.6. The van der Waals surface area contributed by atoms with Crippen LogP contribution in [0.1, 0.15) is 119 Å². The Morgan fingerprint density at radius 2 is 1.88 bits per heavy atom. The number of nitrogens with one attached hydrogen (secondary N) is 1. The number of amides is 1. The van der Waals surface area contributed by atoms with Crippen LogP contribution < -0.4 is 5.32 Å². The number of ether oxygens (including phenoxy) is 1. The fraction of sp³-hybridized carbons (Fsp3) is 0.903. The first-order chi connectivity index (χ1) is 16.2. The zero-order valence-corrected chi connectivity index (χ0v) is 23.1. The summed E-state index contributed by atoms with van der Waals surface area (Å²) < 4.78 is 5.81. The number of alkyl carbamates (subject to hydrolysis) is 1. The van der Waals surface area contributed by atoms with Crippen LogP contribution >= 0.6 is 0 Å². The number of fused-ring (bicyclic) bond motifs is 5. The van der Waals surface area contributed by atoms with E-state index in [-0.39, 0.29) is 12.2 Å². The maximum absolute atomic E-state index is 12.1. The van der Waals surface area contributed by atoms with Crippen molar-refractivity contribution < 1.29 is 9.53 Å². The molecule has 0 saturated heterocycles. The van der Waals surface area contributed by atoms with E-state index in [9.17, 15) is 4.79 Å². The van der Waals surface area contributed by atoms with Gasteiger partial charge in [-0.05, 0) is 97.7 Å². The normalized spacial score (nSPS) is 40.1. The zero-order chi connectivity index (χ0) is 24.5. The summed E-state index contributed by atoms with van der Waals surface area (Å²) in [4.78, 5) is 12.1. The molecule has 3 saturated carbocycles. The van der Waals surface area contributed by atoms with Crippen molar-refractivity contribution in [2.24, 2.45) is 46.3 Å². The predicted molar refractivity (Wildman–Crippen MR) is 142 cm³/mol. The summed E-state index contributed by atoms with van der Waals surface area (Å²) in [5.74, 6) is 5.25. The van der Waals surface area contributed by atoms with E-state index in [1.807, 2.05) is 0 Å². The van der Waals surface area contributed by atoms with E-state index in [0.717, 1.165) is 54.8 Å². The summed E-state index contributed by atoms with van der Waals surface area (Å²) >= 11 is 0. The average Bonchev–Trinajstić information content (AvgIpc) is 3.15. The monoisotopic (exact) mass is 471 g/mol. The van der Waals surface area contributed by atoms with Crippen molar-refractivity contribution in [2.45, 2.75) is 125 Å². The second-order valence-corrected chi connectivity index (χ2v) is 13.5. The smallest absolute Gasteiger partial charge is 0.407 e. The molecule has 8 atom stereocenters. The maximum atomic E-state index is 12.1. The molecule has 0 aromatic heterocycles. The van der Waals surface area contributed by atoms with Crippen LogP contribution in [0.2, 0.25) is 0 Å². The van der Waals surface area contributed by atoms with E-state index in [1.165, 1.54) is 57.8 Å². The summed E-state index contributed by atoms with van der Waals surface area (Å²) in [7, 11) is 0. The van der Waals surface area contributed by atoms with E-state index in [1.54, 1.807) is 5.57 Å². The third-order valence-electron chi connectivity index (χ3n) is 11.1. The molecule has 0 aliphatic heterocycles. The van der Waals surface area contributed by atoms with Crippen LogP contribution in [0.25, 0.3) is 0 Å². The van der Waals surface area contributed by atoms with Gasteiger partial charge >= 0.3 is 6.09 Å². The molecular weight excluding hydrogens is 418 g/mol. The SMILES string of the molecule is CCCNC(=O)OC1CC[C@@]2(C)C(=CC[C@H]3[C@@H]4CC[C@H]([C@H](C)CCCC(C)C)[C@@]4(C)CC[C@@H]32)C1. The van der Waals surface area contributed by atoms with Gasteiger partial charge in [0.25, 0.3) is 0 Å². The van der Waals surface area contributed by atoms with E-state index in [4.69, 9.17) is 4.74 Å². The molecule has 1 unspecified atom stereocenters. The molecule has 0 aromatic rings. The highest BCUT2D eigenvalue weighted by atomic mass is 16.6. The minimum absolute atomic E-state index is 0.0594. The molecule has 34 heavy (non-hydrogen) atoms. The molecule has 3 nitrogen and oxygen atoms in total. The first-order valence-electron chi connectivity index (χ1n) is 14.8. The first-order valence-corrected chi connectivity index (χ1v) is 14.8. The van der Waals surface area contributed by atoms with E-state index >= 15 is 0 Å². The Morgan fingerprint density at radius 3 is 2.62 bits per heavy atom. The lowest BCUT2D eigenvalue weighted by atomic mass is 9.47. The zero-order valence-electron chi connectivity index (χ0n) is 23.1. The van der Waals surface area contributed by atoms with Crippen molar-refractivity contribution in [1.29, 1.82) is 0 Å². The van der Waals surface area contributed by atoms with Crippen LogP contribution in [0, 0.1) is 46.3 Å². The molecule has 0 aromatic carbocycles. The van der Waals surface area contributed by atoms with Gasteiger partial charge in [-0.15, -0.1) is 0 Å². The van der Waals surface area contributed by atoms with E-state index in [0.29, 0.717) is 17.4 Å². The molecule has 1 amide bonds. The summed E-state index contributed by atoms with van der Waals surface area (Å²) in [5.41, 5.74) is 2.48. The van der Waals surface area contributed by atoms with Gasteiger partial charge in [-0.25, -0.2) is 4.79 Å². The largest absolute Gasteiger partial charge is 0.446 e. The third kappa shape index (κ3) is 4.96. The Balaban J connectivity index is 1.41. The summed E-state index contributed by atoms with van der Waals surface area (Å²) in [6, 6.07) is 0. The molecule has 1 N–H and O–H groups in total. The van der Waals surface area contributed by atoms with Crippen LogP contribution in [0.5, 0.6) is 0 Å². The van der Waals surface area contributed by atoms with Gasteiger partial charge in [0.15, 0.2) is 0 Å². The van der Waals surface area contributed by atoms with Crippen LogP contribution in [-0.2, 0) is 4.74 Å². The molecule has 4 aliphatic carbocycles. The van der Waals surface area contributed by atoms with Crippen LogP contribution in [0.3, 0.4) is 0 Å². The van der Waals surface area contributed by atoms with Crippen LogP contribution in [0.15, 0.2) is 11.6 Å². The molecule has 0 heterocycles. The Labute approximate surface area is 210 Å². The quantitative estimate of drug-likeness (QED) is 0.360. The Bertz CT molecular complexity index is 744. The van der Waals surface area contributed by atoms with Gasteiger partial charge in [0.2, 0.25) is 0 Å². The molecule has 0 bridgehead atoms. The number of carbonyl (C=O) groups is 1. The van der Waals surface area contributed by atoms with Crippen LogP contribution in [-0.4, -0.2) is 18.7 Å². The molecule has 4 aliphatic rings. The second-order valence-electron chi connectivity index (χ2n) is 13.5. The Morgan fingerprint density at radius 1 is 1.09 bits per heavy atom. The van der Waals surface area contributed by atoms with E-state index < -0.39 is 0 Å². The standard InChI is InChI=1S/C31H53NO2/c1-7-19-32-29(33)34-24-15-17-30(5)23(20-24)11-12-25-27-14-13-26(22(4)10-8-9-21(2)3)31(27,6)18-16-28(25)30/h11,21-22,24-28H,7-10,12-20H2,1-6H3,(H,32,33)/t22-,24?,25+,26-,27+,28+,30+,31-/m1/s1. The van der Waals surface area contributed by atoms with Gasteiger partial charge in [-0.2, -0.15) is 0 Å². The molecule has 4 rings (SSSR count). The first kappa shape index (κ1) is 26.1. The molecule has 3 heteroatoms. The highest BCUT2D eigenvalue weighted by molar-refractivity contribution is 5.67. The number of hydrogen-bond donors (Lipinski definition) is 1. The van der Waals surface area contributed by atoms with Crippen molar-refractivity contribution in [1.82, 2.24) is 5.32 Å². The summed E-state index contributed by atoms with van der Waals surface area (Å²) in [6.45, 7) is 15.3. The van der Waals surface area contributed by atoms with Gasteiger partial charge < -0.3 is 10.1 Å². The van der Waals surface area contributed by atoms with Crippen molar-refractivity contribution in [2.75, 3.05) is 6.54 Å². The lowest BCUT2D eigenvalue weighted by molar-refractivity contribution is -0.0581. The van der Waals surface area contributed by atoms with E-state index in [2.05, 4.69) is 52.9 Å². The molecule has 3 fully saturated rings. The number of hydrogen-bond acceptors (Lipinski definition) is 2. The highest BCUT2D eigenvalue weighted by Gasteiger charge is 2.59. The fourth-order valence-electron chi connectivity index (χ4n) is 9.17. The van der Waals surface area contributed by atoms with Gasteiger partial charge in [0.1, 0.15) is 6.10 Å². The number of rotatable bonds is 8. The maximum Gasteiger partial charge on any atom is 0.407 e. The topological polar surface area (TPSA) is 38.3 Å². The van der Waals surface area contributed by atoms with Gasteiger partial charge in [-0.3, -0.25) is 0 Å². The minimum atomic E-state index is -0.224. The van der Waals surface area contributed by atoms with Crippen LogP contribution in [0.4, 0.5) is 4.79 Å². The predicted octanol–water partition coefficient (Wildman–Crippen LogP) is 8.53. The van der Waals surface area contributed by atoms with Gasteiger partial charge in [0, 0.05) is 13.0 Å². The average molecular weight is 472 g/mol. The van der Waals surface area contributed by atoms with Gasteiger partial charge in [0.05, 0.1) is 0 Å². The van der Waals surface area contributed by atoms with Gasteiger partial charge in [-0.1, -0.05) is 72.5 Å². The van der Waals surface area contributed by atoms with Crippen molar-refractivity contribution in [3.63, 3.8) is 0 Å². The molecule has 194 valence electrons. The molecular formula is C31H53NO2. The lowest BCUT2D eigenvalue weighted by Crippen LogP contribution is -2.51. The van der Waals surface area contributed by atoms with Crippen molar-refractivity contribution in [3.8, 4) is 0 Å².